The van der Waals surface area contributed by atoms with E-state index in [9.17, 15) is 31.1 Å². The van der Waals surface area contributed by atoms with Gasteiger partial charge in [-0.3, -0.25) is 0 Å². The molecule has 0 bridgehead atoms. The Morgan fingerprint density at radius 1 is 0.437 bits per heavy atom. The molecule has 0 aliphatic rings. The van der Waals surface area contributed by atoms with Gasteiger partial charge in [-0.25, -0.2) is 4.79 Å². The number of anilines is 12. The number of nitrogens with one attached hydrogen (secondary N) is 8. The van der Waals surface area contributed by atoms with E-state index in [1.807, 2.05) is 88.4 Å². The SMILES string of the molecule is COc1ccc(Br)cc1NC(=O)Nc1ccc(C)c(N)c1.COc1ccc(Br)cc1NC(=S)Nc1ccc(C)c(N)c1.Cc1ccc(NC(=S)Nc2ccc(Cl)c(C(F)(F)F)c2)cc1N.Cc1ccc(NC(=S)Nc2cccc(C(F)(F)F)c2)cc1N. The van der Waals surface area contributed by atoms with Crippen molar-refractivity contribution in [1.29, 1.82) is 0 Å². The Hall–Kier alpha value is -8.27. The largest absolute Gasteiger partial charge is 0.495 e. The van der Waals surface area contributed by atoms with Gasteiger partial charge in [0.2, 0.25) is 0 Å². The predicted octanol–water partition coefficient (Wildman–Crippen LogP) is 17.6. The minimum absolute atomic E-state index is 0.142. The number of hydrogen-bond acceptors (Lipinski definition) is 10. The van der Waals surface area contributed by atoms with Gasteiger partial charge in [-0.05, 0) is 208 Å². The van der Waals surface area contributed by atoms with E-state index < -0.39 is 23.5 Å². The molecule has 0 unspecified atom stereocenters. The number of thiocarbonyl (C=S) groups is 3. The minimum Gasteiger partial charge on any atom is -0.495 e. The zero-order chi connectivity index (χ0) is 64.3. The maximum atomic E-state index is 12.8. The van der Waals surface area contributed by atoms with Crippen LogP contribution in [0.4, 0.5) is 99.4 Å². The van der Waals surface area contributed by atoms with Gasteiger partial charge in [0.15, 0.2) is 15.3 Å². The lowest BCUT2D eigenvalue weighted by Crippen LogP contribution is -2.20. The summed E-state index contributed by atoms with van der Waals surface area (Å²) in [5, 5.41) is 23.2. The first-order valence-electron chi connectivity index (χ1n) is 25.4. The Labute approximate surface area is 536 Å². The topological polar surface area (TPSA) is 236 Å². The molecule has 15 nitrogen and oxygen atoms in total. The summed E-state index contributed by atoms with van der Waals surface area (Å²) in [7, 11) is 3.17. The summed E-state index contributed by atoms with van der Waals surface area (Å²) >= 11 is 27.8. The van der Waals surface area contributed by atoms with Crippen LogP contribution in [-0.4, -0.2) is 35.6 Å². The molecule has 8 aromatic carbocycles. The number of halogens is 9. The zero-order valence-electron chi connectivity index (χ0n) is 47.1. The van der Waals surface area contributed by atoms with E-state index in [0.29, 0.717) is 56.4 Å². The number of carbonyl (C=O) groups excluding carboxylic acids is 1. The molecule has 0 saturated carbocycles. The van der Waals surface area contributed by atoms with Gasteiger partial charge in [0, 0.05) is 65.8 Å². The van der Waals surface area contributed by atoms with Crippen molar-refractivity contribution < 1.29 is 40.6 Å². The van der Waals surface area contributed by atoms with Crippen LogP contribution in [0.3, 0.4) is 0 Å². The Bertz CT molecular complexity index is 3660. The number of ether oxygens (including phenoxy) is 2. The Morgan fingerprint density at radius 2 is 0.782 bits per heavy atom. The fourth-order valence-corrected chi connectivity index (χ4v) is 8.82. The normalized spacial score (nSPS) is 10.6. The molecule has 87 heavy (non-hydrogen) atoms. The first kappa shape index (κ1) is 69.5. The van der Waals surface area contributed by atoms with Gasteiger partial charge in [0.25, 0.3) is 0 Å². The van der Waals surface area contributed by atoms with Crippen molar-refractivity contribution >= 4 is 170 Å². The van der Waals surface area contributed by atoms with Crippen LogP contribution in [0.15, 0.2) is 161 Å². The lowest BCUT2D eigenvalue weighted by Gasteiger charge is -2.14. The Morgan fingerprint density at radius 3 is 1.15 bits per heavy atom. The van der Waals surface area contributed by atoms with Gasteiger partial charge in [-0.1, -0.05) is 73.8 Å². The number of nitrogens with two attached hydrogens (primary N) is 4. The smallest absolute Gasteiger partial charge is 0.417 e. The van der Waals surface area contributed by atoms with Gasteiger partial charge in [0.05, 0.1) is 41.7 Å². The number of methoxy groups -OCH3 is 2. The maximum absolute atomic E-state index is 12.8. The number of amides is 2. The summed E-state index contributed by atoms with van der Waals surface area (Å²) < 4.78 is 88.7. The molecule has 27 heteroatoms. The van der Waals surface area contributed by atoms with E-state index in [1.54, 1.807) is 62.8 Å². The molecule has 0 spiro atoms. The quantitative estimate of drug-likeness (QED) is 0.0347. The van der Waals surface area contributed by atoms with E-state index in [2.05, 4.69) is 74.4 Å². The van der Waals surface area contributed by atoms with E-state index in [1.165, 1.54) is 24.3 Å². The van der Waals surface area contributed by atoms with Crippen molar-refractivity contribution in [3.63, 3.8) is 0 Å². The summed E-state index contributed by atoms with van der Waals surface area (Å²) in [5.74, 6) is 1.29. The van der Waals surface area contributed by atoms with Crippen LogP contribution in [0.1, 0.15) is 33.4 Å². The van der Waals surface area contributed by atoms with Crippen LogP contribution in [0, 0.1) is 27.7 Å². The van der Waals surface area contributed by atoms with Gasteiger partial charge >= 0.3 is 18.4 Å². The molecule has 0 fully saturated rings. The van der Waals surface area contributed by atoms with Crippen LogP contribution in [-0.2, 0) is 12.4 Å². The third-order valence-corrected chi connectivity index (χ3v) is 13.9. The number of urea groups is 1. The monoisotopic (exact) mass is 1400 g/mol. The molecule has 0 aliphatic carbocycles. The lowest BCUT2D eigenvalue weighted by atomic mass is 10.2. The third-order valence-electron chi connectivity index (χ3n) is 11.9. The molecule has 8 rings (SSSR count). The second kappa shape index (κ2) is 31.9. The van der Waals surface area contributed by atoms with Crippen LogP contribution >= 0.6 is 80.1 Å². The molecular weight excluding hydrogens is 1340 g/mol. The highest BCUT2D eigenvalue weighted by molar-refractivity contribution is 9.10. The first-order valence-corrected chi connectivity index (χ1v) is 28.6. The highest BCUT2D eigenvalue weighted by Crippen LogP contribution is 2.37. The van der Waals surface area contributed by atoms with E-state index in [4.69, 9.17) is 80.7 Å². The minimum atomic E-state index is -4.53. The van der Waals surface area contributed by atoms with Gasteiger partial charge in [-0.2, -0.15) is 26.3 Å². The summed E-state index contributed by atoms with van der Waals surface area (Å²) in [6.07, 6.45) is -8.92. The van der Waals surface area contributed by atoms with Crippen molar-refractivity contribution in [2.24, 2.45) is 0 Å². The molecule has 0 aromatic heterocycles. The summed E-state index contributed by atoms with van der Waals surface area (Å²) in [6, 6.07) is 40.6. The summed E-state index contributed by atoms with van der Waals surface area (Å²) in [5.41, 5.74) is 32.6. The second-order valence-electron chi connectivity index (χ2n) is 18.6. The summed E-state index contributed by atoms with van der Waals surface area (Å²) in [6.45, 7) is 7.61. The number of aryl methyl sites for hydroxylation is 4. The van der Waals surface area contributed by atoms with Crippen molar-refractivity contribution in [3.8, 4) is 11.5 Å². The van der Waals surface area contributed by atoms with E-state index in [0.717, 1.165) is 66.5 Å². The molecule has 0 saturated heterocycles. The van der Waals surface area contributed by atoms with Gasteiger partial charge in [-0.15, -0.1) is 0 Å². The highest BCUT2D eigenvalue weighted by atomic mass is 79.9. The molecule has 0 atom stereocenters. The number of rotatable bonds is 10. The van der Waals surface area contributed by atoms with Crippen molar-refractivity contribution in [3.05, 3.63) is 199 Å². The number of hydrogen-bond donors (Lipinski definition) is 12. The Balaban J connectivity index is 0.000000212. The molecule has 16 N–H and O–H groups in total. The van der Waals surface area contributed by atoms with Gasteiger partial charge in [0.1, 0.15) is 11.5 Å². The number of benzene rings is 8. The van der Waals surface area contributed by atoms with Crippen LogP contribution in [0.25, 0.3) is 0 Å². The average Bonchev–Trinajstić information content (AvgIpc) is 3.58. The standard InChI is InChI=1S/C15H16BrN3O2.C15H16BrN3OS.C15H13ClF3N3S.C15H14F3N3S/c1-9-3-5-11(8-12(9)17)18-15(20)19-13-7-10(16)4-6-14(13)21-2;1-9-3-5-11(8-12(9)17)18-15(21)19-13-7-10(16)4-6-14(13)20-2;1-8-2-3-10(7-13(8)20)22-14(23)21-9-4-5-12(16)11(6-9)15(17,18)19;1-9-5-6-12(8-13(9)19)21-14(22)20-11-4-2-3-10(7-11)15(16,17)18/h3-8H,17H2,1-2H3,(H2,18,19,20);3-8H,17H2,1-2H3,(H2,18,19,21);2-7H,20H2,1H3,(H2,21,22,23);2-8H,19H2,1H3,(H2,20,21,22). The molecular formula is C60H59Br2ClF6N12O3S3. The lowest BCUT2D eigenvalue weighted by molar-refractivity contribution is -0.138. The van der Waals surface area contributed by atoms with Crippen molar-refractivity contribution in [1.82, 2.24) is 0 Å². The van der Waals surface area contributed by atoms with Crippen LogP contribution in [0.2, 0.25) is 5.02 Å². The first-order chi connectivity index (χ1) is 40.9. The van der Waals surface area contributed by atoms with Crippen LogP contribution < -0.4 is 74.9 Å². The molecule has 2 amide bonds. The predicted molar refractivity (Wildman–Crippen MR) is 364 cm³/mol. The fraction of sp³-hybridized carbons (Fsp3) is 0.133. The maximum Gasteiger partial charge on any atom is 0.417 e. The molecule has 458 valence electrons. The highest BCUT2D eigenvalue weighted by Gasteiger charge is 2.33. The molecule has 8 aromatic rings. The number of alkyl halides is 6. The fourth-order valence-electron chi connectivity index (χ4n) is 7.18. The number of nitrogen functional groups attached to an aromatic ring is 4. The zero-order valence-corrected chi connectivity index (χ0v) is 53.5. The van der Waals surface area contributed by atoms with E-state index in [-0.39, 0.29) is 32.7 Å². The Kier molecular flexibility index (Phi) is 25.5. The van der Waals surface area contributed by atoms with Crippen molar-refractivity contribution in [2.45, 2.75) is 40.0 Å². The third kappa shape index (κ3) is 22.5. The summed E-state index contributed by atoms with van der Waals surface area (Å²) in [4.78, 5) is 12.0. The molecule has 0 heterocycles. The number of carbonyl (C=O) groups is 1. The average molecular weight is 1400 g/mol. The van der Waals surface area contributed by atoms with Gasteiger partial charge < -0.3 is 74.9 Å². The van der Waals surface area contributed by atoms with Crippen LogP contribution in [0.5, 0.6) is 11.5 Å². The molecule has 0 aliphatic heterocycles. The van der Waals surface area contributed by atoms with E-state index >= 15 is 0 Å². The molecule has 0 radical (unpaired) electrons. The second-order valence-corrected chi connectivity index (χ2v) is 22.0. The van der Waals surface area contributed by atoms with Crippen molar-refractivity contribution in [2.75, 3.05) is 79.7 Å².